The smallest absolute Gasteiger partial charge is 0.408 e. The van der Waals surface area contributed by atoms with Crippen molar-refractivity contribution in [3.05, 3.63) is 35.9 Å². The Hall–Kier alpha value is -2.61. The number of ether oxygens (including phenoxy) is 1. The molecule has 8 heteroatoms. The summed E-state index contributed by atoms with van der Waals surface area (Å²) in [4.78, 5) is 37.3. The predicted octanol–water partition coefficient (Wildman–Crippen LogP) is 2.52. The molecule has 0 fully saturated rings. The van der Waals surface area contributed by atoms with Gasteiger partial charge in [0.2, 0.25) is 11.8 Å². The zero-order valence-corrected chi connectivity index (χ0v) is 20.1. The first-order valence-corrected chi connectivity index (χ1v) is 11.5. The van der Waals surface area contributed by atoms with E-state index in [4.69, 9.17) is 4.74 Å². The fraction of sp³-hybridized carbons (Fsp3) is 0.625. The van der Waals surface area contributed by atoms with Crippen molar-refractivity contribution in [1.82, 2.24) is 21.3 Å². The van der Waals surface area contributed by atoms with E-state index in [0.29, 0.717) is 26.1 Å². The zero-order valence-electron chi connectivity index (χ0n) is 20.1. The number of amides is 3. The number of hydrogen-bond donors (Lipinski definition) is 4. The molecule has 2 atom stereocenters. The van der Waals surface area contributed by atoms with Gasteiger partial charge in [0.15, 0.2) is 0 Å². The Morgan fingerprint density at radius 3 is 2.19 bits per heavy atom. The van der Waals surface area contributed by atoms with E-state index in [-0.39, 0.29) is 17.9 Å². The Balaban J connectivity index is 2.65. The lowest BCUT2D eigenvalue weighted by atomic mass is 10.1. The van der Waals surface area contributed by atoms with Crippen LogP contribution in [0.4, 0.5) is 4.79 Å². The lowest BCUT2D eigenvalue weighted by Gasteiger charge is -2.23. The molecule has 8 nitrogen and oxygen atoms in total. The quantitative estimate of drug-likeness (QED) is 0.347. The first kappa shape index (κ1) is 27.4. The maximum Gasteiger partial charge on any atom is 0.408 e. The molecular formula is C24H40N4O4. The Morgan fingerprint density at radius 2 is 1.59 bits per heavy atom. The van der Waals surface area contributed by atoms with Crippen molar-refractivity contribution in [3.8, 4) is 0 Å². The van der Waals surface area contributed by atoms with Crippen molar-refractivity contribution in [2.75, 3.05) is 19.6 Å². The Kier molecular flexibility index (Phi) is 12.4. The van der Waals surface area contributed by atoms with Gasteiger partial charge in [0.05, 0.1) is 6.04 Å². The Bertz CT molecular complexity index is 704. The van der Waals surface area contributed by atoms with Gasteiger partial charge < -0.3 is 26.0 Å². The van der Waals surface area contributed by atoms with E-state index in [1.165, 1.54) is 0 Å². The fourth-order valence-corrected chi connectivity index (χ4v) is 3.10. The van der Waals surface area contributed by atoms with Gasteiger partial charge in [-0.3, -0.25) is 9.59 Å². The lowest BCUT2D eigenvalue weighted by Crippen LogP contribution is -2.51. The fourth-order valence-electron chi connectivity index (χ4n) is 3.10. The largest absolute Gasteiger partial charge is 0.444 e. The van der Waals surface area contributed by atoms with Crippen LogP contribution < -0.4 is 21.3 Å². The van der Waals surface area contributed by atoms with Crippen molar-refractivity contribution in [2.24, 2.45) is 0 Å². The number of unbranched alkanes of at least 4 members (excludes halogenated alkanes) is 1. The third-order valence-electron chi connectivity index (χ3n) is 4.62. The van der Waals surface area contributed by atoms with E-state index < -0.39 is 17.7 Å². The average Bonchev–Trinajstić information content (AvgIpc) is 2.72. The summed E-state index contributed by atoms with van der Waals surface area (Å²) >= 11 is 0. The molecule has 1 rings (SSSR count). The highest BCUT2D eigenvalue weighted by Gasteiger charge is 2.24. The second-order valence-corrected chi connectivity index (χ2v) is 8.72. The number of rotatable bonds is 13. The summed E-state index contributed by atoms with van der Waals surface area (Å²) in [5.41, 5.74) is 0.270. The first-order valence-electron chi connectivity index (χ1n) is 11.5. The molecule has 0 radical (unpaired) electrons. The second-order valence-electron chi connectivity index (χ2n) is 8.72. The molecular weight excluding hydrogens is 408 g/mol. The van der Waals surface area contributed by atoms with E-state index in [9.17, 15) is 14.4 Å². The highest BCUT2D eigenvalue weighted by molar-refractivity contribution is 5.86. The molecule has 0 aliphatic carbocycles. The number of alkyl carbamates (subject to hydrolysis) is 1. The number of likely N-dealkylation sites (N-methyl/N-ethyl adjacent to an activating group) is 1. The third kappa shape index (κ3) is 11.7. The van der Waals surface area contributed by atoms with Gasteiger partial charge in [-0.25, -0.2) is 4.79 Å². The molecule has 32 heavy (non-hydrogen) atoms. The summed E-state index contributed by atoms with van der Waals surface area (Å²) in [7, 11) is 0. The SMILES string of the molecule is CCCCC(NCCNC(=O)C(Cc1ccccc1)NC(=O)OC(C)(C)C)C(=O)NCC. The van der Waals surface area contributed by atoms with Crippen LogP contribution in [0.25, 0.3) is 0 Å². The first-order chi connectivity index (χ1) is 15.2. The van der Waals surface area contributed by atoms with Crippen LogP contribution in [0.3, 0.4) is 0 Å². The molecule has 1 aromatic rings. The van der Waals surface area contributed by atoms with Crippen LogP contribution in [0.5, 0.6) is 0 Å². The van der Waals surface area contributed by atoms with Crippen LogP contribution in [-0.2, 0) is 20.7 Å². The Labute approximate surface area is 192 Å². The molecule has 0 aromatic heterocycles. The van der Waals surface area contributed by atoms with Gasteiger partial charge in [-0.2, -0.15) is 0 Å². The number of nitrogens with one attached hydrogen (secondary N) is 4. The minimum absolute atomic E-state index is 0.0270. The minimum Gasteiger partial charge on any atom is -0.444 e. The van der Waals surface area contributed by atoms with Crippen LogP contribution in [0.1, 0.15) is 59.4 Å². The molecule has 2 unspecified atom stereocenters. The van der Waals surface area contributed by atoms with Gasteiger partial charge in [-0.05, 0) is 39.7 Å². The van der Waals surface area contributed by atoms with Crippen LogP contribution in [0.15, 0.2) is 30.3 Å². The molecule has 4 N–H and O–H groups in total. The monoisotopic (exact) mass is 448 g/mol. The summed E-state index contributed by atoms with van der Waals surface area (Å²) in [5.74, 6) is -0.328. The summed E-state index contributed by atoms with van der Waals surface area (Å²) in [6.07, 6.45) is 2.40. The Morgan fingerprint density at radius 1 is 0.938 bits per heavy atom. The summed E-state index contributed by atoms with van der Waals surface area (Å²) in [6, 6.07) is 8.43. The maximum atomic E-state index is 12.8. The van der Waals surface area contributed by atoms with Gasteiger partial charge >= 0.3 is 6.09 Å². The lowest BCUT2D eigenvalue weighted by molar-refractivity contribution is -0.123. The minimum atomic E-state index is -0.772. The van der Waals surface area contributed by atoms with E-state index in [2.05, 4.69) is 28.2 Å². The summed E-state index contributed by atoms with van der Waals surface area (Å²) in [6.45, 7) is 10.6. The highest BCUT2D eigenvalue weighted by atomic mass is 16.6. The summed E-state index contributed by atoms with van der Waals surface area (Å²) < 4.78 is 5.31. The molecule has 0 spiro atoms. The molecule has 0 saturated carbocycles. The number of hydrogen-bond acceptors (Lipinski definition) is 5. The number of carbonyl (C=O) groups is 3. The molecule has 0 heterocycles. The number of benzene rings is 1. The van der Waals surface area contributed by atoms with Crippen molar-refractivity contribution < 1.29 is 19.1 Å². The van der Waals surface area contributed by atoms with Crippen LogP contribution in [-0.4, -0.2) is 55.2 Å². The van der Waals surface area contributed by atoms with Gasteiger partial charge in [0, 0.05) is 26.1 Å². The number of carbonyl (C=O) groups excluding carboxylic acids is 3. The molecule has 0 aliphatic heterocycles. The molecule has 0 bridgehead atoms. The molecule has 0 aliphatic rings. The van der Waals surface area contributed by atoms with Gasteiger partial charge in [-0.15, -0.1) is 0 Å². The second kappa shape index (κ2) is 14.5. The molecule has 0 saturated heterocycles. The van der Waals surface area contributed by atoms with Crippen molar-refractivity contribution >= 4 is 17.9 Å². The predicted molar refractivity (Wildman–Crippen MR) is 126 cm³/mol. The van der Waals surface area contributed by atoms with Crippen molar-refractivity contribution in [3.63, 3.8) is 0 Å². The van der Waals surface area contributed by atoms with E-state index in [1.807, 2.05) is 37.3 Å². The van der Waals surface area contributed by atoms with Crippen LogP contribution in [0.2, 0.25) is 0 Å². The van der Waals surface area contributed by atoms with Gasteiger partial charge in [0.1, 0.15) is 11.6 Å². The zero-order chi connectivity index (χ0) is 24.0. The van der Waals surface area contributed by atoms with Crippen molar-refractivity contribution in [2.45, 2.75) is 78.0 Å². The molecule has 1 aromatic carbocycles. The normalized spacial score (nSPS) is 13.0. The van der Waals surface area contributed by atoms with Crippen LogP contribution in [0, 0.1) is 0 Å². The van der Waals surface area contributed by atoms with E-state index in [0.717, 1.165) is 24.8 Å². The van der Waals surface area contributed by atoms with Crippen LogP contribution >= 0.6 is 0 Å². The topological polar surface area (TPSA) is 109 Å². The molecule has 3 amide bonds. The average molecular weight is 449 g/mol. The highest BCUT2D eigenvalue weighted by Crippen LogP contribution is 2.09. The van der Waals surface area contributed by atoms with E-state index in [1.54, 1.807) is 20.8 Å². The van der Waals surface area contributed by atoms with Gasteiger partial charge in [0.25, 0.3) is 0 Å². The maximum absolute atomic E-state index is 12.8. The summed E-state index contributed by atoms with van der Waals surface area (Å²) in [5, 5.41) is 11.6. The van der Waals surface area contributed by atoms with E-state index >= 15 is 0 Å². The standard InChI is InChI=1S/C24H40N4O4/c1-6-8-14-19(21(29)25-7-2)26-15-16-27-22(30)20(17-18-12-10-9-11-13-18)28-23(31)32-24(3,4)5/h9-13,19-20,26H,6-8,14-17H2,1-5H3,(H,25,29)(H,27,30)(H,28,31). The molecule has 180 valence electrons. The third-order valence-corrected chi connectivity index (χ3v) is 4.62. The van der Waals surface area contributed by atoms with Gasteiger partial charge in [-0.1, -0.05) is 50.1 Å². The van der Waals surface area contributed by atoms with Crippen molar-refractivity contribution in [1.29, 1.82) is 0 Å².